The molecular formula is C16H19N3O3. The molecule has 0 aliphatic carbocycles. The van der Waals surface area contributed by atoms with Crippen LogP contribution in [-0.4, -0.2) is 35.8 Å². The summed E-state index contributed by atoms with van der Waals surface area (Å²) in [5, 5.41) is 5.22. The van der Waals surface area contributed by atoms with Crippen molar-refractivity contribution in [1.29, 1.82) is 0 Å². The van der Waals surface area contributed by atoms with E-state index in [-0.39, 0.29) is 24.3 Å². The Balaban J connectivity index is 1.59. The van der Waals surface area contributed by atoms with Gasteiger partial charge in [-0.25, -0.2) is 4.79 Å². The van der Waals surface area contributed by atoms with Crippen LogP contribution in [0.15, 0.2) is 24.3 Å². The Morgan fingerprint density at radius 1 is 1.36 bits per heavy atom. The Morgan fingerprint density at radius 2 is 2.14 bits per heavy atom. The summed E-state index contributed by atoms with van der Waals surface area (Å²) in [6.07, 6.45) is 0.732. The molecule has 2 heterocycles. The molecule has 0 unspecified atom stereocenters. The fourth-order valence-electron chi connectivity index (χ4n) is 3.16. The molecule has 0 aromatic heterocycles. The molecule has 6 nitrogen and oxygen atoms in total. The van der Waals surface area contributed by atoms with Crippen molar-refractivity contribution in [2.45, 2.75) is 26.3 Å². The molecular weight excluding hydrogens is 282 g/mol. The third-order valence-corrected chi connectivity index (χ3v) is 4.57. The summed E-state index contributed by atoms with van der Waals surface area (Å²) in [7, 11) is 0. The number of urea groups is 1. The fourth-order valence-corrected chi connectivity index (χ4v) is 3.16. The van der Waals surface area contributed by atoms with Gasteiger partial charge in [0, 0.05) is 26.1 Å². The summed E-state index contributed by atoms with van der Waals surface area (Å²) < 4.78 is 0. The number of hydrogen-bond donors (Lipinski definition) is 2. The van der Waals surface area contributed by atoms with E-state index in [4.69, 9.17) is 0 Å². The first-order valence-corrected chi connectivity index (χ1v) is 7.42. The molecule has 0 saturated carbocycles. The number of amides is 4. The van der Waals surface area contributed by atoms with Crippen LogP contribution in [0.3, 0.4) is 0 Å². The number of nitrogens with zero attached hydrogens (tertiary/aromatic N) is 1. The van der Waals surface area contributed by atoms with Gasteiger partial charge in [-0.1, -0.05) is 24.3 Å². The predicted octanol–water partition coefficient (Wildman–Crippen LogP) is 0.943. The van der Waals surface area contributed by atoms with Crippen molar-refractivity contribution in [3.63, 3.8) is 0 Å². The van der Waals surface area contributed by atoms with Gasteiger partial charge >= 0.3 is 6.03 Å². The van der Waals surface area contributed by atoms with E-state index in [0.29, 0.717) is 26.1 Å². The van der Waals surface area contributed by atoms with Crippen LogP contribution >= 0.6 is 0 Å². The smallest absolute Gasteiger partial charge is 0.317 e. The van der Waals surface area contributed by atoms with Gasteiger partial charge in [0.2, 0.25) is 11.8 Å². The maximum atomic E-state index is 12.3. The lowest BCUT2D eigenvalue weighted by Crippen LogP contribution is -2.41. The van der Waals surface area contributed by atoms with Gasteiger partial charge in [0.25, 0.3) is 0 Å². The molecule has 6 heteroatoms. The number of benzene rings is 1. The summed E-state index contributed by atoms with van der Waals surface area (Å²) in [6.45, 7) is 3.27. The maximum Gasteiger partial charge on any atom is 0.317 e. The number of likely N-dealkylation sites (tertiary alicyclic amines) is 1. The predicted molar refractivity (Wildman–Crippen MR) is 79.8 cm³/mol. The SMILES string of the molecule is Cc1ccccc1CNC(=O)N1CC[C@@]2(CC(=O)NC2=O)C1. The number of aryl methyl sites for hydroxylation is 1. The molecule has 22 heavy (non-hydrogen) atoms. The third kappa shape index (κ3) is 2.56. The largest absolute Gasteiger partial charge is 0.334 e. The second-order valence-corrected chi connectivity index (χ2v) is 6.09. The summed E-state index contributed by atoms with van der Waals surface area (Å²) in [4.78, 5) is 37.2. The molecule has 1 spiro atoms. The quantitative estimate of drug-likeness (QED) is 0.798. The van der Waals surface area contributed by atoms with Crippen LogP contribution in [0.2, 0.25) is 0 Å². The summed E-state index contributed by atoms with van der Waals surface area (Å²) >= 11 is 0. The summed E-state index contributed by atoms with van der Waals surface area (Å²) in [5.41, 5.74) is 1.48. The van der Waals surface area contributed by atoms with Gasteiger partial charge in [0.05, 0.1) is 5.41 Å². The highest BCUT2D eigenvalue weighted by Crippen LogP contribution is 2.37. The number of carbonyl (C=O) groups is 3. The Hall–Kier alpha value is -2.37. The van der Waals surface area contributed by atoms with Crippen molar-refractivity contribution in [3.05, 3.63) is 35.4 Å². The second-order valence-electron chi connectivity index (χ2n) is 6.09. The van der Waals surface area contributed by atoms with Crippen LogP contribution in [-0.2, 0) is 16.1 Å². The zero-order chi connectivity index (χ0) is 15.7. The first-order chi connectivity index (χ1) is 10.5. The van der Waals surface area contributed by atoms with Crippen molar-refractivity contribution in [2.75, 3.05) is 13.1 Å². The molecule has 2 aliphatic rings. The lowest BCUT2D eigenvalue weighted by molar-refractivity contribution is -0.128. The monoisotopic (exact) mass is 301 g/mol. The van der Waals surface area contributed by atoms with Gasteiger partial charge in [-0.15, -0.1) is 0 Å². The lowest BCUT2D eigenvalue weighted by atomic mass is 9.85. The van der Waals surface area contributed by atoms with E-state index in [1.807, 2.05) is 31.2 Å². The van der Waals surface area contributed by atoms with Gasteiger partial charge in [0.15, 0.2) is 0 Å². The van der Waals surface area contributed by atoms with Crippen LogP contribution in [0.5, 0.6) is 0 Å². The molecule has 4 amide bonds. The van der Waals surface area contributed by atoms with Crippen molar-refractivity contribution in [1.82, 2.24) is 15.5 Å². The summed E-state index contributed by atoms with van der Waals surface area (Å²) in [5.74, 6) is -0.487. The van der Waals surface area contributed by atoms with Crippen LogP contribution in [0.4, 0.5) is 4.79 Å². The van der Waals surface area contributed by atoms with E-state index < -0.39 is 5.41 Å². The van der Waals surface area contributed by atoms with E-state index in [9.17, 15) is 14.4 Å². The molecule has 2 N–H and O–H groups in total. The van der Waals surface area contributed by atoms with Gasteiger partial charge < -0.3 is 10.2 Å². The highest BCUT2D eigenvalue weighted by molar-refractivity contribution is 6.06. The van der Waals surface area contributed by atoms with Crippen molar-refractivity contribution in [2.24, 2.45) is 5.41 Å². The molecule has 1 aromatic carbocycles. The van der Waals surface area contributed by atoms with E-state index in [2.05, 4.69) is 10.6 Å². The van der Waals surface area contributed by atoms with Crippen molar-refractivity contribution >= 4 is 17.8 Å². The first kappa shape index (κ1) is 14.6. The molecule has 2 fully saturated rings. The van der Waals surface area contributed by atoms with Gasteiger partial charge in [-0.3, -0.25) is 14.9 Å². The van der Waals surface area contributed by atoms with Crippen LogP contribution in [0.1, 0.15) is 24.0 Å². The third-order valence-electron chi connectivity index (χ3n) is 4.57. The van der Waals surface area contributed by atoms with E-state index in [0.717, 1.165) is 11.1 Å². The van der Waals surface area contributed by atoms with Crippen molar-refractivity contribution in [3.8, 4) is 0 Å². The molecule has 2 saturated heterocycles. The fraction of sp³-hybridized carbons (Fsp3) is 0.438. The van der Waals surface area contributed by atoms with Gasteiger partial charge in [-0.2, -0.15) is 0 Å². The molecule has 116 valence electrons. The molecule has 0 bridgehead atoms. The van der Waals surface area contributed by atoms with Crippen molar-refractivity contribution < 1.29 is 14.4 Å². The number of nitrogens with one attached hydrogen (secondary N) is 2. The zero-order valence-corrected chi connectivity index (χ0v) is 12.5. The van der Waals surface area contributed by atoms with Crippen LogP contribution in [0.25, 0.3) is 0 Å². The van der Waals surface area contributed by atoms with Crippen LogP contribution < -0.4 is 10.6 Å². The molecule has 2 aliphatic heterocycles. The number of rotatable bonds is 2. The average Bonchev–Trinajstić information content (AvgIpc) is 3.02. The first-order valence-electron chi connectivity index (χ1n) is 7.42. The lowest BCUT2D eigenvalue weighted by Gasteiger charge is -2.21. The Bertz CT molecular complexity index is 643. The Labute approximate surface area is 128 Å². The van der Waals surface area contributed by atoms with E-state index in [1.165, 1.54) is 0 Å². The maximum absolute atomic E-state index is 12.3. The average molecular weight is 301 g/mol. The molecule has 1 atom stereocenters. The van der Waals surface area contributed by atoms with E-state index >= 15 is 0 Å². The summed E-state index contributed by atoms with van der Waals surface area (Å²) in [6, 6.07) is 7.69. The highest BCUT2D eigenvalue weighted by Gasteiger charge is 2.51. The number of hydrogen-bond acceptors (Lipinski definition) is 3. The standard InChI is InChI=1S/C16H19N3O3/c1-11-4-2-3-5-12(11)9-17-15(22)19-7-6-16(10-19)8-13(20)18-14(16)21/h2-5H,6-10H2,1H3,(H,17,22)(H,18,20,21)/t16-/m1/s1. The minimum absolute atomic E-state index is 0.188. The van der Waals surface area contributed by atoms with Gasteiger partial charge in [0.1, 0.15) is 0 Å². The second kappa shape index (κ2) is 5.44. The molecule has 3 rings (SSSR count). The topological polar surface area (TPSA) is 78.5 Å². The molecule has 1 aromatic rings. The van der Waals surface area contributed by atoms with Gasteiger partial charge in [-0.05, 0) is 24.5 Å². The minimum atomic E-state index is -0.711. The molecule has 0 radical (unpaired) electrons. The van der Waals surface area contributed by atoms with Crippen LogP contribution in [0, 0.1) is 12.3 Å². The number of carbonyl (C=O) groups excluding carboxylic acids is 3. The van der Waals surface area contributed by atoms with E-state index in [1.54, 1.807) is 4.90 Å². The normalized spacial score (nSPS) is 24.0. The highest BCUT2D eigenvalue weighted by atomic mass is 16.2. The Morgan fingerprint density at radius 3 is 2.82 bits per heavy atom. The number of imide groups is 1. The zero-order valence-electron chi connectivity index (χ0n) is 12.5. The Kier molecular flexibility index (Phi) is 3.60. The minimum Gasteiger partial charge on any atom is -0.334 e.